The van der Waals surface area contributed by atoms with E-state index in [4.69, 9.17) is 28.4 Å². The van der Waals surface area contributed by atoms with Crippen LogP contribution in [0, 0.1) is 29.6 Å². The van der Waals surface area contributed by atoms with Crippen molar-refractivity contribution in [2.24, 2.45) is 29.6 Å². The van der Waals surface area contributed by atoms with Gasteiger partial charge in [-0.15, -0.1) is 6.58 Å². The summed E-state index contributed by atoms with van der Waals surface area (Å²) in [6.45, 7) is 4.61. The van der Waals surface area contributed by atoms with Crippen LogP contribution in [0.25, 0.3) is 0 Å². The molecule has 14 heteroatoms. The molecule has 0 radical (unpaired) electrons. The van der Waals surface area contributed by atoms with Gasteiger partial charge in [0, 0.05) is 36.2 Å². The molecule has 0 aromatic heterocycles. The van der Waals surface area contributed by atoms with E-state index in [1.54, 1.807) is 6.92 Å². The number of hydrogen-bond acceptors (Lipinski definition) is 14. The fraction of sp³-hybridized carbons (Fsp3) is 0.704. The minimum atomic E-state index is -1.68. The van der Waals surface area contributed by atoms with Crippen LogP contribution in [0.15, 0.2) is 36.3 Å². The lowest BCUT2D eigenvalue weighted by molar-refractivity contribution is -0.339. The lowest BCUT2D eigenvalue weighted by Gasteiger charge is -2.43. The van der Waals surface area contributed by atoms with E-state index in [1.807, 2.05) is 0 Å². The first-order valence-corrected chi connectivity index (χ1v) is 13.5. The van der Waals surface area contributed by atoms with Crippen LogP contribution in [-0.2, 0) is 38.0 Å². The van der Waals surface area contributed by atoms with E-state index < -0.39 is 91.6 Å². The highest BCUT2D eigenvalue weighted by atomic mass is 16.8. The molecule has 4 rings (SSSR count). The third kappa shape index (κ3) is 6.01. The number of fused-ring (bicyclic) bond motifs is 1. The van der Waals surface area contributed by atoms with Crippen molar-refractivity contribution in [2.75, 3.05) is 20.3 Å². The van der Waals surface area contributed by atoms with E-state index in [9.17, 15) is 40.2 Å². The average molecular weight is 587 g/mol. The Labute approximate surface area is 236 Å². The van der Waals surface area contributed by atoms with Crippen LogP contribution in [0.3, 0.4) is 0 Å². The Morgan fingerprint density at radius 2 is 1.73 bits per heavy atom. The summed E-state index contributed by atoms with van der Waals surface area (Å²) in [7, 11) is 1.24. The van der Waals surface area contributed by atoms with Gasteiger partial charge in [-0.1, -0.05) is 13.0 Å². The van der Waals surface area contributed by atoms with Gasteiger partial charge in [0.15, 0.2) is 12.6 Å². The fourth-order valence-corrected chi connectivity index (χ4v) is 6.14. The Hall–Kier alpha value is -2.56. The summed E-state index contributed by atoms with van der Waals surface area (Å²) in [6.07, 6.45) is -6.61. The standard InChI is InChI=1S/C27H38O14/c1-4-12-13(5-6-28)15(10-38-26(12)41-27-22(32)21(31)20(30)18(8-29)40-27)24(34)39-17-7-14-16(23(33)36-3)9-37-25(35)19(14)11(17)2/h4,9-14,17-22,25-32,35H,1,5-8H2,2-3H3. The molecule has 3 heterocycles. The van der Waals surface area contributed by atoms with Crippen molar-refractivity contribution in [3.05, 3.63) is 36.3 Å². The minimum absolute atomic E-state index is 0.0835. The maximum atomic E-state index is 13.4. The summed E-state index contributed by atoms with van der Waals surface area (Å²) in [5, 5.41) is 60.1. The van der Waals surface area contributed by atoms with Crippen LogP contribution in [0.1, 0.15) is 19.8 Å². The lowest BCUT2D eigenvalue weighted by atomic mass is 9.81. The van der Waals surface area contributed by atoms with Crippen molar-refractivity contribution in [1.82, 2.24) is 0 Å². The first kappa shape index (κ1) is 31.4. The van der Waals surface area contributed by atoms with Gasteiger partial charge in [-0.2, -0.15) is 0 Å². The van der Waals surface area contributed by atoms with E-state index >= 15 is 0 Å². The lowest BCUT2D eigenvalue weighted by Crippen LogP contribution is -2.60. The number of carbonyl (C=O) groups is 2. The second kappa shape index (κ2) is 13.2. The van der Waals surface area contributed by atoms with Crippen LogP contribution >= 0.6 is 0 Å². The van der Waals surface area contributed by atoms with Crippen molar-refractivity contribution in [3.8, 4) is 0 Å². The number of esters is 2. The van der Waals surface area contributed by atoms with Gasteiger partial charge in [0.1, 0.15) is 30.5 Å². The molecule has 0 amide bonds. The van der Waals surface area contributed by atoms with Crippen molar-refractivity contribution in [2.45, 2.75) is 69.2 Å². The number of aliphatic hydroxyl groups is 6. The molecule has 13 unspecified atom stereocenters. The second-order valence-corrected chi connectivity index (χ2v) is 10.7. The highest BCUT2D eigenvalue weighted by molar-refractivity contribution is 5.90. The first-order chi connectivity index (χ1) is 19.6. The van der Waals surface area contributed by atoms with Crippen LogP contribution in [0.2, 0.25) is 0 Å². The molecule has 230 valence electrons. The van der Waals surface area contributed by atoms with E-state index in [0.29, 0.717) is 0 Å². The predicted octanol–water partition coefficient (Wildman–Crippen LogP) is -1.57. The maximum Gasteiger partial charge on any atom is 0.337 e. The number of methoxy groups -OCH3 is 1. The number of aliphatic hydroxyl groups excluding tert-OH is 6. The summed E-state index contributed by atoms with van der Waals surface area (Å²) < 4.78 is 32.8. The summed E-state index contributed by atoms with van der Waals surface area (Å²) in [5.74, 6) is -4.16. The third-order valence-corrected chi connectivity index (χ3v) is 8.46. The van der Waals surface area contributed by atoms with E-state index in [2.05, 4.69) is 6.58 Å². The molecule has 1 aliphatic carbocycles. The van der Waals surface area contributed by atoms with Crippen molar-refractivity contribution < 1.29 is 68.6 Å². The molecule has 4 aliphatic rings. The van der Waals surface area contributed by atoms with Crippen LogP contribution in [-0.4, -0.2) is 112 Å². The van der Waals surface area contributed by atoms with Crippen molar-refractivity contribution in [3.63, 3.8) is 0 Å². The van der Waals surface area contributed by atoms with Crippen LogP contribution < -0.4 is 0 Å². The number of rotatable bonds is 9. The van der Waals surface area contributed by atoms with E-state index in [1.165, 1.54) is 19.4 Å². The molecule has 1 saturated heterocycles. The summed E-state index contributed by atoms with van der Waals surface area (Å²) in [5.41, 5.74) is 0.326. The molecule has 0 aromatic carbocycles. The highest BCUT2D eigenvalue weighted by Gasteiger charge is 2.53. The van der Waals surface area contributed by atoms with Crippen LogP contribution in [0.4, 0.5) is 0 Å². The monoisotopic (exact) mass is 586 g/mol. The molecule has 6 N–H and O–H groups in total. The third-order valence-electron chi connectivity index (χ3n) is 8.46. The minimum Gasteiger partial charge on any atom is -0.472 e. The first-order valence-electron chi connectivity index (χ1n) is 13.5. The number of carbonyl (C=O) groups excluding carboxylic acids is 2. The van der Waals surface area contributed by atoms with Gasteiger partial charge >= 0.3 is 11.9 Å². The van der Waals surface area contributed by atoms with Gasteiger partial charge in [-0.05, 0) is 12.8 Å². The molecule has 14 nitrogen and oxygen atoms in total. The zero-order chi connectivity index (χ0) is 30.0. The molecule has 41 heavy (non-hydrogen) atoms. The Morgan fingerprint density at radius 1 is 1.02 bits per heavy atom. The fourth-order valence-electron chi connectivity index (χ4n) is 6.14. The normalized spacial score (nSPS) is 42.1. The average Bonchev–Trinajstić information content (AvgIpc) is 3.29. The van der Waals surface area contributed by atoms with Crippen molar-refractivity contribution >= 4 is 11.9 Å². The Morgan fingerprint density at radius 3 is 2.37 bits per heavy atom. The highest BCUT2D eigenvalue weighted by Crippen LogP contribution is 2.48. The summed E-state index contributed by atoms with van der Waals surface area (Å²) in [6, 6.07) is 0. The zero-order valence-electron chi connectivity index (χ0n) is 22.7. The van der Waals surface area contributed by atoms with Gasteiger partial charge < -0.3 is 59.1 Å². The van der Waals surface area contributed by atoms with Crippen molar-refractivity contribution in [1.29, 1.82) is 0 Å². The molecule has 0 bridgehead atoms. The molecule has 2 fully saturated rings. The van der Waals surface area contributed by atoms with Crippen LogP contribution in [0.5, 0.6) is 0 Å². The Balaban J connectivity index is 1.50. The predicted molar refractivity (Wildman–Crippen MR) is 135 cm³/mol. The molecule has 13 atom stereocenters. The quantitative estimate of drug-likeness (QED) is 0.133. The second-order valence-electron chi connectivity index (χ2n) is 10.7. The van der Waals surface area contributed by atoms with Gasteiger partial charge in [-0.25, -0.2) is 9.59 Å². The summed E-state index contributed by atoms with van der Waals surface area (Å²) in [4.78, 5) is 25.7. The van der Waals surface area contributed by atoms with Gasteiger partial charge in [0.25, 0.3) is 0 Å². The molecular weight excluding hydrogens is 548 g/mol. The number of hydrogen-bond donors (Lipinski definition) is 6. The molecule has 3 aliphatic heterocycles. The molecule has 1 saturated carbocycles. The topological polar surface area (TPSA) is 211 Å². The molecule has 0 aromatic rings. The largest absolute Gasteiger partial charge is 0.472 e. The van der Waals surface area contributed by atoms with E-state index in [0.717, 1.165) is 6.26 Å². The smallest absolute Gasteiger partial charge is 0.337 e. The van der Waals surface area contributed by atoms with Gasteiger partial charge in [0.2, 0.25) is 6.29 Å². The Kier molecular flexibility index (Phi) is 10.1. The summed E-state index contributed by atoms with van der Waals surface area (Å²) >= 11 is 0. The maximum absolute atomic E-state index is 13.4. The van der Waals surface area contributed by atoms with Gasteiger partial charge in [-0.3, -0.25) is 0 Å². The zero-order valence-corrected chi connectivity index (χ0v) is 22.7. The SMILES string of the molecule is C=CC1C(OC2OC(CO)C(O)C(O)C2O)OC=C(C(=O)OC2CC3C(C(=O)OC)=COC(O)C3C2C)C1CCO. The Bertz CT molecular complexity index is 1030. The van der Waals surface area contributed by atoms with Gasteiger partial charge in [0.05, 0.1) is 37.4 Å². The molecular formula is C27H38O14. The number of ether oxygens (including phenoxy) is 6. The van der Waals surface area contributed by atoms with E-state index in [-0.39, 0.29) is 36.5 Å². The molecule has 0 spiro atoms.